The average Bonchev–Trinajstić information content (AvgIpc) is 3.17. The number of nitrogens with one attached hydrogen (secondary N) is 2. The van der Waals surface area contributed by atoms with E-state index in [0.717, 1.165) is 10.6 Å². The summed E-state index contributed by atoms with van der Waals surface area (Å²) in [6.07, 6.45) is 0. The molecule has 8 heteroatoms. The second-order valence-electron chi connectivity index (χ2n) is 5.59. The summed E-state index contributed by atoms with van der Waals surface area (Å²) in [6.45, 7) is -0.253. The van der Waals surface area contributed by atoms with Crippen LogP contribution < -0.4 is 16.4 Å². The first-order valence-electron chi connectivity index (χ1n) is 8.02. The molecule has 0 saturated carbocycles. The van der Waals surface area contributed by atoms with Gasteiger partial charge in [-0.05, 0) is 18.2 Å². The summed E-state index contributed by atoms with van der Waals surface area (Å²) in [5.41, 5.74) is 6.99. The third-order valence-corrected chi connectivity index (χ3v) is 4.45. The van der Waals surface area contributed by atoms with Gasteiger partial charge in [-0.1, -0.05) is 36.4 Å². The van der Waals surface area contributed by atoms with Gasteiger partial charge in [0.05, 0.1) is 6.54 Å². The number of amides is 3. The molecular weight excluding hydrogens is 364 g/mol. The fraction of sp³-hybridized carbons (Fsp3) is 0.0526. The van der Waals surface area contributed by atoms with E-state index < -0.39 is 11.8 Å². The molecule has 0 aliphatic carbocycles. The number of hydrogen-bond donors (Lipinski definition) is 3. The normalized spacial score (nSPS) is 10.2. The van der Waals surface area contributed by atoms with Crippen LogP contribution in [0.5, 0.6) is 0 Å². The number of anilines is 1. The van der Waals surface area contributed by atoms with Crippen molar-refractivity contribution >= 4 is 34.7 Å². The van der Waals surface area contributed by atoms with Crippen LogP contribution in [0.25, 0.3) is 10.6 Å². The van der Waals surface area contributed by atoms with Crippen LogP contribution in [0.2, 0.25) is 0 Å². The van der Waals surface area contributed by atoms with Crippen molar-refractivity contribution in [3.8, 4) is 10.6 Å². The molecule has 0 bridgehead atoms. The highest BCUT2D eigenvalue weighted by molar-refractivity contribution is 7.13. The highest BCUT2D eigenvalue weighted by Crippen LogP contribution is 2.23. The minimum absolute atomic E-state index is 0.253. The minimum Gasteiger partial charge on any atom is -0.368 e. The number of carbonyl (C=O) groups is 3. The molecule has 3 rings (SSSR count). The van der Waals surface area contributed by atoms with Crippen molar-refractivity contribution in [1.82, 2.24) is 10.3 Å². The third-order valence-electron chi connectivity index (χ3n) is 3.56. The zero-order valence-corrected chi connectivity index (χ0v) is 15.0. The number of hydrogen-bond acceptors (Lipinski definition) is 5. The van der Waals surface area contributed by atoms with Crippen molar-refractivity contribution in [3.63, 3.8) is 0 Å². The van der Waals surface area contributed by atoms with Crippen LogP contribution >= 0.6 is 11.3 Å². The van der Waals surface area contributed by atoms with Crippen LogP contribution in [0.15, 0.2) is 60.0 Å². The molecule has 0 spiro atoms. The third kappa shape index (κ3) is 4.77. The van der Waals surface area contributed by atoms with E-state index in [2.05, 4.69) is 15.6 Å². The highest BCUT2D eigenvalue weighted by Gasteiger charge is 2.13. The lowest BCUT2D eigenvalue weighted by atomic mass is 10.2. The maximum atomic E-state index is 12.4. The molecule has 0 atom stereocenters. The molecule has 1 aromatic heterocycles. The molecule has 136 valence electrons. The Morgan fingerprint density at radius 1 is 1.00 bits per heavy atom. The number of benzene rings is 2. The summed E-state index contributed by atoms with van der Waals surface area (Å²) in [7, 11) is 0. The second-order valence-corrected chi connectivity index (χ2v) is 6.45. The Hall–Kier alpha value is -3.52. The monoisotopic (exact) mass is 380 g/mol. The standard InChI is InChI=1S/C19H16N4O3S/c20-16(24)10-21-17(25)13-7-4-8-14(9-13)22-18(26)15-11-27-19(23-15)12-5-2-1-3-6-12/h1-9,11H,10H2,(H2,20,24)(H,21,25)(H,22,26). The Kier molecular flexibility index (Phi) is 5.58. The van der Waals surface area contributed by atoms with E-state index in [-0.39, 0.29) is 12.5 Å². The Morgan fingerprint density at radius 3 is 2.52 bits per heavy atom. The number of nitrogens with zero attached hydrogens (tertiary/aromatic N) is 1. The van der Waals surface area contributed by atoms with Crippen molar-refractivity contribution in [2.45, 2.75) is 0 Å². The molecule has 3 amide bonds. The average molecular weight is 380 g/mol. The summed E-state index contributed by atoms with van der Waals surface area (Å²) in [5.74, 6) is -1.46. The quantitative estimate of drug-likeness (QED) is 0.608. The molecule has 0 radical (unpaired) electrons. The Bertz CT molecular complexity index is 985. The molecule has 0 aliphatic heterocycles. The molecule has 0 aliphatic rings. The lowest BCUT2D eigenvalue weighted by molar-refractivity contribution is -0.117. The SMILES string of the molecule is NC(=O)CNC(=O)c1cccc(NC(=O)c2csc(-c3ccccc3)n2)c1. The van der Waals surface area contributed by atoms with Crippen molar-refractivity contribution in [2.75, 3.05) is 11.9 Å². The number of aromatic nitrogens is 1. The van der Waals surface area contributed by atoms with Gasteiger partial charge in [-0.15, -0.1) is 11.3 Å². The zero-order chi connectivity index (χ0) is 19.2. The number of primary amides is 1. The van der Waals surface area contributed by atoms with E-state index in [4.69, 9.17) is 5.73 Å². The van der Waals surface area contributed by atoms with E-state index in [1.165, 1.54) is 17.4 Å². The van der Waals surface area contributed by atoms with Crippen molar-refractivity contribution in [2.24, 2.45) is 5.73 Å². The first-order valence-corrected chi connectivity index (χ1v) is 8.90. The van der Waals surface area contributed by atoms with Crippen molar-refractivity contribution in [3.05, 3.63) is 71.2 Å². The van der Waals surface area contributed by atoms with Crippen LogP contribution in [0.3, 0.4) is 0 Å². The Balaban J connectivity index is 1.69. The number of nitrogens with two attached hydrogens (primary N) is 1. The largest absolute Gasteiger partial charge is 0.368 e. The molecule has 0 unspecified atom stereocenters. The maximum Gasteiger partial charge on any atom is 0.275 e. The summed E-state index contributed by atoms with van der Waals surface area (Å²) in [5, 5.41) is 7.54. The fourth-order valence-corrected chi connectivity index (χ4v) is 3.10. The van der Waals surface area contributed by atoms with Gasteiger partial charge >= 0.3 is 0 Å². The van der Waals surface area contributed by atoms with E-state index in [1.54, 1.807) is 23.6 Å². The topological polar surface area (TPSA) is 114 Å². The first-order chi connectivity index (χ1) is 13.0. The van der Waals surface area contributed by atoms with Gasteiger partial charge in [0.15, 0.2) is 0 Å². The van der Waals surface area contributed by atoms with Gasteiger partial charge in [-0.3, -0.25) is 14.4 Å². The van der Waals surface area contributed by atoms with Crippen molar-refractivity contribution < 1.29 is 14.4 Å². The van der Waals surface area contributed by atoms with Crippen molar-refractivity contribution in [1.29, 1.82) is 0 Å². The number of rotatable bonds is 6. The lowest BCUT2D eigenvalue weighted by Gasteiger charge is -2.07. The van der Waals surface area contributed by atoms with E-state index in [0.29, 0.717) is 16.9 Å². The predicted octanol–water partition coefficient (Wildman–Crippen LogP) is 2.28. The molecular formula is C19H16N4O3S. The molecule has 3 aromatic rings. The van der Waals surface area contributed by atoms with Crippen LogP contribution in [-0.2, 0) is 4.79 Å². The van der Waals surface area contributed by atoms with Crippen LogP contribution in [-0.4, -0.2) is 29.3 Å². The second kappa shape index (κ2) is 8.24. The van der Waals surface area contributed by atoms with Crippen LogP contribution in [0.1, 0.15) is 20.8 Å². The molecule has 1 heterocycles. The molecule has 4 N–H and O–H groups in total. The van der Waals surface area contributed by atoms with Gasteiger partial charge in [0.25, 0.3) is 11.8 Å². The molecule has 0 fully saturated rings. The summed E-state index contributed by atoms with van der Waals surface area (Å²) in [6, 6.07) is 16.0. The molecule has 7 nitrogen and oxygen atoms in total. The van der Waals surface area contributed by atoms with Gasteiger partial charge in [-0.2, -0.15) is 0 Å². The molecule has 2 aromatic carbocycles. The van der Waals surface area contributed by atoms with Gasteiger partial charge in [0, 0.05) is 22.2 Å². The van der Waals surface area contributed by atoms with E-state index in [9.17, 15) is 14.4 Å². The van der Waals surface area contributed by atoms with Gasteiger partial charge in [0.2, 0.25) is 5.91 Å². The zero-order valence-electron chi connectivity index (χ0n) is 14.1. The van der Waals surface area contributed by atoms with E-state index >= 15 is 0 Å². The van der Waals surface area contributed by atoms with Crippen LogP contribution in [0, 0.1) is 0 Å². The van der Waals surface area contributed by atoms with E-state index in [1.807, 2.05) is 30.3 Å². The van der Waals surface area contributed by atoms with Gasteiger partial charge in [-0.25, -0.2) is 4.98 Å². The lowest BCUT2D eigenvalue weighted by Crippen LogP contribution is -2.33. The summed E-state index contributed by atoms with van der Waals surface area (Å²) >= 11 is 1.38. The van der Waals surface area contributed by atoms with Gasteiger partial charge < -0.3 is 16.4 Å². The predicted molar refractivity (Wildman–Crippen MR) is 103 cm³/mol. The Labute approximate surface area is 159 Å². The molecule has 0 saturated heterocycles. The van der Waals surface area contributed by atoms with Gasteiger partial charge in [0.1, 0.15) is 10.7 Å². The fourth-order valence-electron chi connectivity index (χ4n) is 2.29. The first kappa shape index (κ1) is 18.3. The number of carbonyl (C=O) groups excluding carboxylic acids is 3. The minimum atomic E-state index is -0.634. The number of thiazole rings is 1. The van der Waals surface area contributed by atoms with Crippen LogP contribution in [0.4, 0.5) is 5.69 Å². The maximum absolute atomic E-state index is 12.4. The Morgan fingerprint density at radius 2 is 1.78 bits per heavy atom. The highest BCUT2D eigenvalue weighted by atomic mass is 32.1. The smallest absolute Gasteiger partial charge is 0.275 e. The molecule has 27 heavy (non-hydrogen) atoms. The summed E-state index contributed by atoms with van der Waals surface area (Å²) in [4.78, 5) is 39.5. The summed E-state index contributed by atoms with van der Waals surface area (Å²) < 4.78 is 0.